The molecule has 16 heavy (non-hydrogen) atoms. The molecule has 2 rings (SSSR count). The molecule has 1 N–H and O–H groups in total. The van der Waals surface area contributed by atoms with Crippen LogP contribution in [0.3, 0.4) is 0 Å². The van der Waals surface area contributed by atoms with E-state index in [1.807, 2.05) is 0 Å². The molecule has 0 radical (unpaired) electrons. The van der Waals surface area contributed by atoms with E-state index >= 15 is 0 Å². The molecule has 92 valence electrons. The fraction of sp³-hybridized carbons (Fsp3) is 0.923. The quantitative estimate of drug-likeness (QED) is 0.734. The Bertz CT molecular complexity index is 246. The molecule has 0 unspecified atom stereocenters. The Morgan fingerprint density at radius 3 is 2.50 bits per heavy atom. The van der Waals surface area contributed by atoms with Crippen LogP contribution in [0.4, 0.5) is 0 Å². The number of rotatable bonds is 1. The van der Waals surface area contributed by atoms with Crippen molar-refractivity contribution >= 4 is 5.91 Å². The summed E-state index contributed by atoms with van der Waals surface area (Å²) in [5.74, 6) is 1.56. The molecular weight excluding hydrogens is 200 g/mol. The Labute approximate surface area is 98.6 Å². The van der Waals surface area contributed by atoms with Crippen LogP contribution in [0.25, 0.3) is 0 Å². The van der Waals surface area contributed by atoms with Crippen molar-refractivity contribution < 1.29 is 4.79 Å². The highest BCUT2D eigenvalue weighted by Gasteiger charge is 2.29. The van der Waals surface area contributed by atoms with Gasteiger partial charge >= 0.3 is 0 Å². The van der Waals surface area contributed by atoms with Crippen molar-refractivity contribution in [1.82, 2.24) is 10.2 Å². The smallest absolute Gasteiger partial charge is 0.225 e. The lowest BCUT2D eigenvalue weighted by molar-refractivity contribution is -0.137. The second-order valence-electron chi connectivity index (χ2n) is 5.60. The van der Waals surface area contributed by atoms with E-state index in [1.54, 1.807) is 0 Å². The van der Waals surface area contributed by atoms with Gasteiger partial charge in [-0.1, -0.05) is 6.92 Å². The molecule has 0 aromatic heterocycles. The number of hydrogen-bond acceptors (Lipinski definition) is 2. The maximum atomic E-state index is 12.3. The third kappa shape index (κ3) is 2.76. The van der Waals surface area contributed by atoms with Crippen molar-refractivity contribution in [3.63, 3.8) is 0 Å². The summed E-state index contributed by atoms with van der Waals surface area (Å²) in [6.45, 7) is 7.20. The SMILES string of the molecule is C[C@H]1CN(C(=O)[C@H]2CC[C@@H](C)CC2)CCN1. The molecule has 1 aliphatic carbocycles. The van der Waals surface area contributed by atoms with Gasteiger partial charge in [0.05, 0.1) is 0 Å². The van der Waals surface area contributed by atoms with Crippen LogP contribution in [-0.2, 0) is 4.79 Å². The predicted octanol–water partition coefficient (Wildman–Crippen LogP) is 1.63. The summed E-state index contributed by atoms with van der Waals surface area (Å²) in [5, 5.41) is 3.38. The van der Waals surface area contributed by atoms with Gasteiger partial charge in [0.2, 0.25) is 5.91 Å². The first kappa shape index (κ1) is 11.9. The summed E-state index contributed by atoms with van der Waals surface area (Å²) in [5.41, 5.74) is 0. The number of hydrogen-bond donors (Lipinski definition) is 1. The fourth-order valence-corrected chi connectivity index (χ4v) is 2.90. The zero-order valence-corrected chi connectivity index (χ0v) is 10.5. The Balaban J connectivity index is 1.86. The van der Waals surface area contributed by atoms with Crippen molar-refractivity contribution in [3.8, 4) is 0 Å². The Kier molecular flexibility index (Phi) is 3.85. The van der Waals surface area contributed by atoms with E-state index in [0.717, 1.165) is 38.4 Å². The molecule has 1 saturated carbocycles. The molecule has 3 nitrogen and oxygen atoms in total. The minimum atomic E-state index is 0.321. The number of nitrogens with one attached hydrogen (secondary N) is 1. The van der Waals surface area contributed by atoms with Gasteiger partial charge in [-0.05, 0) is 38.5 Å². The van der Waals surface area contributed by atoms with Crippen LogP contribution in [0.5, 0.6) is 0 Å². The molecule has 2 fully saturated rings. The van der Waals surface area contributed by atoms with Crippen LogP contribution in [-0.4, -0.2) is 36.5 Å². The van der Waals surface area contributed by atoms with E-state index in [-0.39, 0.29) is 0 Å². The van der Waals surface area contributed by atoms with Gasteiger partial charge in [0.1, 0.15) is 0 Å². The molecule has 0 spiro atoms. The van der Waals surface area contributed by atoms with Gasteiger partial charge in [-0.25, -0.2) is 0 Å². The average molecular weight is 224 g/mol. The summed E-state index contributed by atoms with van der Waals surface area (Å²) in [7, 11) is 0. The first-order chi connectivity index (χ1) is 7.66. The van der Waals surface area contributed by atoms with Crippen molar-refractivity contribution in [3.05, 3.63) is 0 Å². The summed E-state index contributed by atoms with van der Waals surface area (Å²) >= 11 is 0. The Hall–Kier alpha value is -0.570. The number of piperazine rings is 1. The molecule has 1 saturated heterocycles. The van der Waals surface area contributed by atoms with E-state index in [0.29, 0.717) is 17.9 Å². The van der Waals surface area contributed by atoms with E-state index < -0.39 is 0 Å². The second kappa shape index (κ2) is 5.17. The lowest BCUT2D eigenvalue weighted by Crippen LogP contribution is -2.53. The van der Waals surface area contributed by atoms with Crippen molar-refractivity contribution in [2.24, 2.45) is 11.8 Å². The van der Waals surface area contributed by atoms with Gasteiger partial charge in [0, 0.05) is 31.6 Å². The predicted molar refractivity (Wildman–Crippen MR) is 65.2 cm³/mol. The maximum Gasteiger partial charge on any atom is 0.225 e. The van der Waals surface area contributed by atoms with Gasteiger partial charge in [-0.15, -0.1) is 0 Å². The molecule has 1 amide bonds. The molecule has 0 aromatic rings. The maximum absolute atomic E-state index is 12.3. The minimum Gasteiger partial charge on any atom is -0.340 e. The van der Waals surface area contributed by atoms with E-state index in [1.165, 1.54) is 12.8 Å². The van der Waals surface area contributed by atoms with Crippen molar-refractivity contribution in [1.29, 1.82) is 0 Å². The number of carbonyl (C=O) groups is 1. The van der Waals surface area contributed by atoms with Crippen LogP contribution >= 0.6 is 0 Å². The molecule has 1 heterocycles. The van der Waals surface area contributed by atoms with Crippen LogP contribution in [0.1, 0.15) is 39.5 Å². The molecular formula is C13H24N2O. The zero-order chi connectivity index (χ0) is 11.5. The lowest BCUT2D eigenvalue weighted by atomic mass is 9.82. The van der Waals surface area contributed by atoms with E-state index in [9.17, 15) is 4.79 Å². The highest BCUT2D eigenvalue weighted by atomic mass is 16.2. The summed E-state index contributed by atoms with van der Waals surface area (Å²) in [6.07, 6.45) is 4.69. The van der Waals surface area contributed by atoms with Crippen LogP contribution in [0.15, 0.2) is 0 Å². The van der Waals surface area contributed by atoms with Crippen LogP contribution in [0, 0.1) is 11.8 Å². The molecule has 1 aliphatic heterocycles. The number of nitrogens with zero attached hydrogens (tertiary/aromatic N) is 1. The fourth-order valence-electron chi connectivity index (χ4n) is 2.90. The van der Waals surface area contributed by atoms with Crippen LogP contribution < -0.4 is 5.32 Å². The van der Waals surface area contributed by atoms with Gasteiger partial charge in [-0.2, -0.15) is 0 Å². The summed E-state index contributed by atoms with van der Waals surface area (Å²) in [6, 6.07) is 0.459. The molecule has 3 heteroatoms. The Morgan fingerprint density at radius 1 is 1.19 bits per heavy atom. The van der Waals surface area contributed by atoms with Gasteiger partial charge in [-0.3, -0.25) is 4.79 Å². The zero-order valence-electron chi connectivity index (χ0n) is 10.5. The molecule has 2 aliphatic rings. The third-order valence-electron chi connectivity index (χ3n) is 4.05. The second-order valence-corrected chi connectivity index (χ2v) is 5.60. The largest absolute Gasteiger partial charge is 0.340 e. The lowest BCUT2D eigenvalue weighted by Gasteiger charge is -2.36. The summed E-state index contributed by atoms with van der Waals surface area (Å²) < 4.78 is 0. The van der Waals surface area contributed by atoms with Gasteiger partial charge < -0.3 is 10.2 Å². The minimum absolute atomic E-state index is 0.321. The molecule has 1 atom stereocenters. The highest BCUT2D eigenvalue weighted by Crippen LogP contribution is 2.29. The third-order valence-corrected chi connectivity index (χ3v) is 4.05. The van der Waals surface area contributed by atoms with E-state index in [4.69, 9.17) is 0 Å². The molecule has 0 bridgehead atoms. The monoisotopic (exact) mass is 224 g/mol. The van der Waals surface area contributed by atoms with Gasteiger partial charge in [0.15, 0.2) is 0 Å². The van der Waals surface area contributed by atoms with Crippen molar-refractivity contribution in [2.75, 3.05) is 19.6 Å². The topological polar surface area (TPSA) is 32.3 Å². The highest BCUT2D eigenvalue weighted by molar-refractivity contribution is 5.79. The van der Waals surface area contributed by atoms with E-state index in [2.05, 4.69) is 24.1 Å². The standard InChI is InChI=1S/C13H24N2O/c1-10-3-5-12(6-4-10)13(16)15-8-7-14-11(2)9-15/h10-12,14H,3-9H2,1-2H3/t10-,11-,12+/m0/s1. The van der Waals surface area contributed by atoms with Crippen molar-refractivity contribution in [2.45, 2.75) is 45.6 Å². The normalized spacial score (nSPS) is 36.1. The Morgan fingerprint density at radius 2 is 1.88 bits per heavy atom. The first-order valence-electron chi connectivity index (χ1n) is 6.69. The number of amides is 1. The van der Waals surface area contributed by atoms with Crippen LogP contribution in [0.2, 0.25) is 0 Å². The average Bonchev–Trinajstić information content (AvgIpc) is 2.29. The molecule has 0 aromatic carbocycles. The number of carbonyl (C=O) groups excluding carboxylic acids is 1. The van der Waals surface area contributed by atoms with Gasteiger partial charge in [0.25, 0.3) is 0 Å². The first-order valence-corrected chi connectivity index (χ1v) is 6.69. The summed E-state index contributed by atoms with van der Waals surface area (Å²) in [4.78, 5) is 14.4.